The van der Waals surface area contributed by atoms with Gasteiger partial charge in [-0.05, 0) is 18.2 Å². The van der Waals surface area contributed by atoms with Crippen LogP contribution in [0.2, 0.25) is 5.02 Å². The van der Waals surface area contributed by atoms with Gasteiger partial charge in [-0.3, -0.25) is 4.79 Å². The van der Waals surface area contributed by atoms with Gasteiger partial charge in [0.25, 0.3) is 5.91 Å². The number of benzene rings is 1. The Morgan fingerprint density at radius 2 is 1.73 bits per heavy atom. The molecule has 1 aliphatic rings. The van der Waals surface area contributed by atoms with Crippen LogP contribution in [0.15, 0.2) is 48.1 Å². The maximum atomic E-state index is 12.7. The lowest BCUT2D eigenvalue weighted by Crippen LogP contribution is -2.49. The third-order valence-corrected chi connectivity index (χ3v) is 5.36. The first-order valence-corrected chi connectivity index (χ1v) is 9.49. The van der Waals surface area contributed by atoms with Crippen LogP contribution in [-0.2, 0) is 0 Å². The SMILES string of the molecule is O=C(c1csc(-c2ccc(Cl)cc2)n1)N1CCN(c2ncccn2)CC1. The molecular formula is C18H16ClN5OS. The highest BCUT2D eigenvalue weighted by molar-refractivity contribution is 7.13. The second-order valence-corrected chi connectivity index (χ2v) is 7.17. The molecule has 0 saturated carbocycles. The van der Waals surface area contributed by atoms with E-state index in [-0.39, 0.29) is 5.91 Å². The van der Waals surface area contributed by atoms with E-state index in [2.05, 4.69) is 19.9 Å². The summed E-state index contributed by atoms with van der Waals surface area (Å²) >= 11 is 7.39. The van der Waals surface area contributed by atoms with E-state index in [4.69, 9.17) is 11.6 Å². The lowest BCUT2D eigenvalue weighted by atomic mass is 10.2. The number of hydrogen-bond donors (Lipinski definition) is 0. The van der Waals surface area contributed by atoms with Crippen molar-refractivity contribution in [2.75, 3.05) is 31.1 Å². The van der Waals surface area contributed by atoms with Gasteiger partial charge in [0.15, 0.2) is 0 Å². The Labute approximate surface area is 160 Å². The van der Waals surface area contributed by atoms with Crippen molar-refractivity contribution in [2.24, 2.45) is 0 Å². The number of piperazine rings is 1. The van der Waals surface area contributed by atoms with Gasteiger partial charge >= 0.3 is 0 Å². The maximum Gasteiger partial charge on any atom is 0.273 e. The van der Waals surface area contributed by atoms with Gasteiger partial charge in [0, 0.05) is 54.5 Å². The van der Waals surface area contributed by atoms with Crippen LogP contribution < -0.4 is 4.90 Å². The Hall–Kier alpha value is -2.51. The number of hydrogen-bond acceptors (Lipinski definition) is 6. The lowest BCUT2D eigenvalue weighted by molar-refractivity contribution is 0.0741. The summed E-state index contributed by atoms with van der Waals surface area (Å²) in [5, 5.41) is 3.32. The number of nitrogens with zero attached hydrogens (tertiary/aromatic N) is 5. The second kappa shape index (κ2) is 7.39. The van der Waals surface area contributed by atoms with E-state index < -0.39 is 0 Å². The molecule has 3 aromatic rings. The molecule has 0 atom stereocenters. The van der Waals surface area contributed by atoms with Crippen LogP contribution in [-0.4, -0.2) is 51.9 Å². The number of anilines is 1. The van der Waals surface area contributed by atoms with Crippen molar-refractivity contribution in [1.29, 1.82) is 0 Å². The molecule has 26 heavy (non-hydrogen) atoms. The van der Waals surface area contributed by atoms with Crippen molar-refractivity contribution >= 4 is 34.8 Å². The molecule has 0 N–H and O–H groups in total. The molecule has 1 aliphatic heterocycles. The number of rotatable bonds is 3. The van der Waals surface area contributed by atoms with Crippen molar-refractivity contribution in [3.63, 3.8) is 0 Å². The van der Waals surface area contributed by atoms with Gasteiger partial charge in [0.1, 0.15) is 10.7 Å². The van der Waals surface area contributed by atoms with Gasteiger partial charge in [-0.2, -0.15) is 0 Å². The molecular weight excluding hydrogens is 370 g/mol. The van der Waals surface area contributed by atoms with Gasteiger partial charge in [0.05, 0.1) is 0 Å². The van der Waals surface area contributed by atoms with E-state index in [0.717, 1.165) is 10.6 Å². The van der Waals surface area contributed by atoms with E-state index in [1.807, 2.05) is 34.5 Å². The molecule has 132 valence electrons. The summed E-state index contributed by atoms with van der Waals surface area (Å²) in [6, 6.07) is 9.27. The van der Waals surface area contributed by atoms with Crippen molar-refractivity contribution in [2.45, 2.75) is 0 Å². The largest absolute Gasteiger partial charge is 0.337 e. The molecule has 1 saturated heterocycles. The van der Waals surface area contributed by atoms with Crippen LogP contribution in [0, 0.1) is 0 Å². The summed E-state index contributed by atoms with van der Waals surface area (Å²) in [6.45, 7) is 2.68. The van der Waals surface area contributed by atoms with Crippen molar-refractivity contribution in [3.8, 4) is 10.6 Å². The predicted molar refractivity (Wildman–Crippen MR) is 103 cm³/mol. The summed E-state index contributed by atoms with van der Waals surface area (Å²) in [5.74, 6) is 0.674. The van der Waals surface area contributed by atoms with Crippen LogP contribution in [0.5, 0.6) is 0 Å². The highest BCUT2D eigenvalue weighted by Crippen LogP contribution is 2.26. The Morgan fingerprint density at radius 3 is 2.42 bits per heavy atom. The Kier molecular flexibility index (Phi) is 4.81. The minimum atomic E-state index is -0.0323. The summed E-state index contributed by atoms with van der Waals surface area (Å²) in [7, 11) is 0. The van der Waals surface area contributed by atoms with E-state index in [0.29, 0.717) is 42.8 Å². The summed E-state index contributed by atoms with van der Waals surface area (Å²) in [5.41, 5.74) is 1.45. The molecule has 0 aliphatic carbocycles. The van der Waals surface area contributed by atoms with Gasteiger partial charge in [0.2, 0.25) is 5.95 Å². The van der Waals surface area contributed by atoms with Crippen molar-refractivity contribution < 1.29 is 4.79 Å². The van der Waals surface area contributed by atoms with Crippen LogP contribution in [0.4, 0.5) is 5.95 Å². The fourth-order valence-electron chi connectivity index (χ4n) is 2.82. The third-order valence-electron chi connectivity index (χ3n) is 4.22. The zero-order valence-corrected chi connectivity index (χ0v) is 15.5. The monoisotopic (exact) mass is 385 g/mol. The quantitative estimate of drug-likeness (QED) is 0.692. The first kappa shape index (κ1) is 16.9. The Morgan fingerprint density at radius 1 is 1.04 bits per heavy atom. The summed E-state index contributed by atoms with van der Waals surface area (Å²) in [4.78, 5) is 29.7. The van der Waals surface area contributed by atoms with Gasteiger partial charge < -0.3 is 9.80 Å². The van der Waals surface area contributed by atoms with Crippen molar-refractivity contribution in [3.05, 3.63) is 58.8 Å². The van der Waals surface area contributed by atoms with Gasteiger partial charge in [-0.1, -0.05) is 23.7 Å². The predicted octanol–water partition coefficient (Wildman–Crippen LogP) is 3.22. The standard InChI is InChI=1S/C18H16ClN5OS/c19-14-4-2-13(3-5-14)16-22-15(12-26-16)17(25)23-8-10-24(11-9-23)18-20-6-1-7-21-18/h1-7,12H,8-11H2. The summed E-state index contributed by atoms with van der Waals surface area (Å²) in [6.07, 6.45) is 3.46. The Bertz CT molecular complexity index is 891. The van der Waals surface area contributed by atoms with E-state index >= 15 is 0 Å². The van der Waals surface area contributed by atoms with Crippen LogP contribution >= 0.6 is 22.9 Å². The van der Waals surface area contributed by atoms with E-state index in [1.165, 1.54) is 11.3 Å². The number of aromatic nitrogens is 3. The highest BCUT2D eigenvalue weighted by Gasteiger charge is 2.25. The Balaban J connectivity index is 1.42. The van der Waals surface area contributed by atoms with Crippen LogP contribution in [0.25, 0.3) is 10.6 Å². The molecule has 0 spiro atoms. The van der Waals surface area contributed by atoms with Crippen LogP contribution in [0.1, 0.15) is 10.5 Å². The topological polar surface area (TPSA) is 62.2 Å². The highest BCUT2D eigenvalue weighted by atomic mass is 35.5. The molecule has 1 amide bonds. The number of halogens is 1. The number of carbonyl (C=O) groups is 1. The number of amides is 1. The number of carbonyl (C=O) groups excluding carboxylic acids is 1. The average Bonchev–Trinajstić information content (AvgIpc) is 3.19. The fraction of sp³-hybridized carbons (Fsp3) is 0.222. The number of thiazole rings is 1. The molecule has 0 radical (unpaired) electrons. The van der Waals surface area contributed by atoms with Crippen molar-refractivity contribution in [1.82, 2.24) is 19.9 Å². The van der Waals surface area contributed by atoms with Gasteiger partial charge in [-0.15, -0.1) is 11.3 Å². The molecule has 1 aromatic carbocycles. The first-order valence-electron chi connectivity index (χ1n) is 8.23. The first-order chi connectivity index (χ1) is 12.7. The molecule has 0 unspecified atom stereocenters. The zero-order valence-electron chi connectivity index (χ0n) is 13.9. The maximum absolute atomic E-state index is 12.7. The van der Waals surface area contributed by atoms with Gasteiger partial charge in [-0.25, -0.2) is 15.0 Å². The molecule has 3 heterocycles. The lowest BCUT2D eigenvalue weighted by Gasteiger charge is -2.34. The molecule has 4 rings (SSSR count). The van der Waals surface area contributed by atoms with E-state index in [9.17, 15) is 4.79 Å². The van der Waals surface area contributed by atoms with Crippen LogP contribution in [0.3, 0.4) is 0 Å². The second-order valence-electron chi connectivity index (χ2n) is 5.87. The molecule has 0 bridgehead atoms. The average molecular weight is 386 g/mol. The molecule has 6 nitrogen and oxygen atoms in total. The smallest absolute Gasteiger partial charge is 0.273 e. The summed E-state index contributed by atoms with van der Waals surface area (Å²) < 4.78 is 0. The third kappa shape index (κ3) is 3.54. The molecule has 2 aromatic heterocycles. The molecule has 8 heteroatoms. The fourth-order valence-corrected chi connectivity index (χ4v) is 3.75. The molecule has 1 fully saturated rings. The van der Waals surface area contributed by atoms with E-state index in [1.54, 1.807) is 18.5 Å². The minimum absolute atomic E-state index is 0.0323. The minimum Gasteiger partial charge on any atom is -0.337 e. The normalized spacial score (nSPS) is 14.5. The zero-order chi connectivity index (χ0) is 17.9.